The number of carboxylic acid groups (broad SMARTS) is 1. The lowest BCUT2D eigenvalue weighted by Crippen LogP contribution is -2.26. The number of amides is 1. The summed E-state index contributed by atoms with van der Waals surface area (Å²) in [6.07, 6.45) is 6.15. The Kier molecular flexibility index (Phi) is 4.32. The third kappa shape index (κ3) is 3.44. The van der Waals surface area contributed by atoms with E-state index in [9.17, 15) is 9.59 Å². The molecular formula is C14H16N4O3. The first kappa shape index (κ1) is 14.7. The molecule has 7 nitrogen and oxygen atoms in total. The SMILES string of the molecule is CCn1cc(CN(C)C(=O)c2cncc(C(=O)O)c2)cn1. The number of nitrogens with zero attached hydrogens (tertiary/aromatic N) is 4. The molecule has 0 fully saturated rings. The molecule has 2 heterocycles. The molecule has 0 aromatic carbocycles. The van der Waals surface area contributed by atoms with Crippen LogP contribution >= 0.6 is 0 Å². The Bertz CT molecular complexity index is 666. The zero-order valence-electron chi connectivity index (χ0n) is 11.9. The zero-order valence-corrected chi connectivity index (χ0v) is 11.9. The number of aryl methyl sites for hydroxylation is 1. The highest BCUT2D eigenvalue weighted by molar-refractivity contribution is 5.96. The lowest BCUT2D eigenvalue weighted by atomic mass is 10.2. The molecule has 0 aliphatic rings. The van der Waals surface area contributed by atoms with E-state index in [0.29, 0.717) is 6.54 Å². The van der Waals surface area contributed by atoms with Gasteiger partial charge in [0.1, 0.15) is 0 Å². The van der Waals surface area contributed by atoms with Gasteiger partial charge in [0, 0.05) is 44.3 Å². The molecule has 2 aromatic rings. The maximum Gasteiger partial charge on any atom is 0.337 e. The Morgan fingerprint density at radius 2 is 2.00 bits per heavy atom. The molecule has 7 heteroatoms. The summed E-state index contributed by atoms with van der Waals surface area (Å²) >= 11 is 0. The molecule has 0 radical (unpaired) electrons. The first-order chi connectivity index (χ1) is 10.0. The van der Waals surface area contributed by atoms with Gasteiger partial charge in [-0.2, -0.15) is 5.10 Å². The summed E-state index contributed by atoms with van der Waals surface area (Å²) in [4.78, 5) is 28.5. The number of aromatic nitrogens is 3. The quantitative estimate of drug-likeness (QED) is 0.895. The Morgan fingerprint density at radius 3 is 2.62 bits per heavy atom. The van der Waals surface area contributed by atoms with Crippen molar-refractivity contribution in [1.82, 2.24) is 19.7 Å². The minimum absolute atomic E-state index is 0.00643. The monoisotopic (exact) mass is 288 g/mol. The van der Waals surface area contributed by atoms with E-state index in [4.69, 9.17) is 5.11 Å². The van der Waals surface area contributed by atoms with Crippen molar-refractivity contribution in [3.8, 4) is 0 Å². The Hall–Kier alpha value is -2.70. The van der Waals surface area contributed by atoms with Gasteiger partial charge in [-0.15, -0.1) is 0 Å². The average molecular weight is 288 g/mol. The van der Waals surface area contributed by atoms with Crippen molar-refractivity contribution in [1.29, 1.82) is 0 Å². The van der Waals surface area contributed by atoms with Gasteiger partial charge in [-0.1, -0.05) is 0 Å². The summed E-state index contributed by atoms with van der Waals surface area (Å²) in [6, 6.07) is 1.32. The van der Waals surface area contributed by atoms with E-state index < -0.39 is 5.97 Å². The molecule has 0 aliphatic carbocycles. The molecular weight excluding hydrogens is 272 g/mol. The molecule has 2 rings (SSSR count). The second-order valence-corrected chi connectivity index (χ2v) is 4.63. The van der Waals surface area contributed by atoms with Crippen molar-refractivity contribution in [2.75, 3.05) is 7.05 Å². The molecule has 0 saturated heterocycles. The van der Waals surface area contributed by atoms with Gasteiger partial charge in [0.15, 0.2) is 0 Å². The first-order valence-electron chi connectivity index (χ1n) is 6.46. The van der Waals surface area contributed by atoms with E-state index >= 15 is 0 Å². The highest BCUT2D eigenvalue weighted by Gasteiger charge is 2.15. The minimum Gasteiger partial charge on any atom is -0.478 e. The topological polar surface area (TPSA) is 88.3 Å². The first-order valence-corrected chi connectivity index (χ1v) is 6.46. The summed E-state index contributed by atoms with van der Waals surface area (Å²) in [6.45, 7) is 3.15. The van der Waals surface area contributed by atoms with E-state index in [1.54, 1.807) is 17.9 Å². The van der Waals surface area contributed by atoms with Gasteiger partial charge >= 0.3 is 5.97 Å². The van der Waals surface area contributed by atoms with Crippen LogP contribution in [0.5, 0.6) is 0 Å². The lowest BCUT2D eigenvalue weighted by Gasteiger charge is -2.16. The van der Waals surface area contributed by atoms with Crippen molar-refractivity contribution >= 4 is 11.9 Å². The second kappa shape index (κ2) is 6.17. The summed E-state index contributed by atoms with van der Waals surface area (Å²) in [5.41, 5.74) is 1.16. The van der Waals surface area contributed by atoms with Crippen molar-refractivity contribution in [3.63, 3.8) is 0 Å². The van der Waals surface area contributed by atoms with Gasteiger partial charge in [-0.05, 0) is 13.0 Å². The average Bonchev–Trinajstić information content (AvgIpc) is 2.94. The largest absolute Gasteiger partial charge is 0.478 e. The summed E-state index contributed by atoms with van der Waals surface area (Å²) in [5, 5.41) is 13.1. The molecule has 1 N–H and O–H groups in total. The van der Waals surface area contributed by atoms with Crippen LogP contribution in [0.25, 0.3) is 0 Å². The van der Waals surface area contributed by atoms with Crippen LogP contribution in [-0.2, 0) is 13.1 Å². The van der Waals surface area contributed by atoms with Crippen molar-refractivity contribution < 1.29 is 14.7 Å². The van der Waals surface area contributed by atoms with Gasteiger partial charge in [0.2, 0.25) is 0 Å². The fourth-order valence-electron chi connectivity index (χ4n) is 1.90. The van der Waals surface area contributed by atoms with E-state index in [1.807, 2.05) is 13.1 Å². The van der Waals surface area contributed by atoms with Gasteiger partial charge in [0.05, 0.1) is 17.3 Å². The number of hydrogen-bond acceptors (Lipinski definition) is 4. The maximum absolute atomic E-state index is 12.3. The molecule has 0 atom stereocenters. The number of rotatable bonds is 5. The number of pyridine rings is 1. The predicted octanol–water partition coefficient (Wildman–Crippen LogP) is 1.27. The molecule has 110 valence electrons. The highest BCUT2D eigenvalue weighted by atomic mass is 16.4. The van der Waals surface area contributed by atoms with Crippen molar-refractivity contribution in [3.05, 3.63) is 47.5 Å². The van der Waals surface area contributed by atoms with E-state index in [1.165, 1.54) is 23.4 Å². The summed E-state index contributed by atoms with van der Waals surface area (Å²) < 4.78 is 1.78. The zero-order chi connectivity index (χ0) is 15.4. The molecule has 0 unspecified atom stereocenters. The third-order valence-electron chi connectivity index (χ3n) is 3.01. The highest BCUT2D eigenvalue weighted by Crippen LogP contribution is 2.09. The lowest BCUT2D eigenvalue weighted by molar-refractivity contribution is 0.0696. The normalized spacial score (nSPS) is 10.4. The second-order valence-electron chi connectivity index (χ2n) is 4.63. The van der Waals surface area contributed by atoms with Crippen LogP contribution < -0.4 is 0 Å². The Labute approximate surface area is 121 Å². The van der Waals surface area contributed by atoms with Gasteiger partial charge in [-0.25, -0.2) is 4.79 Å². The van der Waals surface area contributed by atoms with Gasteiger partial charge in [0.25, 0.3) is 5.91 Å². The number of carbonyl (C=O) groups is 2. The van der Waals surface area contributed by atoms with Crippen LogP contribution in [0.4, 0.5) is 0 Å². The molecule has 21 heavy (non-hydrogen) atoms. The molecule has 0 saturated carbocycles. The van der Waals surface area contributed by atoms with Crippen molar-refractivity contribution in [2.24, 2.45) is 0 Å². The van der Waals surface area contributed by atoms with E-state index in [2.05, 4.69) is 10.1 Å². The van der Waals surface area contributed by atoms with Gasteiger partial charge in [-0.3, -0.25) is 14.5 Å². The maximum atomic E-state index is 12.3. The molecule has 1 amide bonds. The predicted molar refractivity (Wildman–Crippen MR) is 74.9 cm³/mol. The van der Waals surface area contributed by atoms with Crippen LogP contribution in [0.2, 0.25) is 0 Å². The van der Waals surface area contributed by atoms with Crippen molar-refractivity contribution in [2.45, 2.75) is 20.0 Å². The smallest absolute Gasteiger partial charge is 0.337 e. The summed E-state index contributed by atoms with van der Waals surface area (Å²) in [7, 11) is 1.65. The fraction of sp³-hybridized carbons (Fsp3) is 0.286. The third-order valence-corrected chi connectivity index (χ3v) is 3.01. The summed E-state index contributed by atoms with van der Waals surface area (Å²) in [5.74, 6) is -1.39. The number of carbonyl (C=O) groups excluding carboxylic acids is 1. The van der Waals surface area contributed by atoms with Crippen LogP contribution in [0.1, 0.15) is 33.2 Å². The molecule has 0 bridgehead atoms. The molecule has 0 aliphatic heterocycles. The van der Waals surface area contributed by atoms with Crippen LogP contribution in [0.3, 0.4) is 0 Å². The van der Waals surface area contributed by atoms with E-state index in [-0.39, 0.29) is 17.0 Å². The molecule has 0 spiro atoms. The Morgan fingerprint density at radius 1 is 1.29 bits per heavy atom. The van der Waals surface area contributed by atoms with Crippen LogP contribution in [0.15, 0.2) is 30.9 Å². The number of aromatic carboxylic acids is 1. The fourth-order valence-corrected chi connectivity index (χ4v) is 1.90. The number of hydrogen-bond donors (Lipinski definition) is 1. The standard InChI is InChI=1S/C14H16N4O3/c1-3-18-9-10(5-16-18)8-17(2)13(19)11-4-12(14(20)21)7-15-6-11/h4-7,9H,3,8H2,1-2H3,(H,20,21). The number of carboxylic acids is 1. The van der Waals surface area contributed by atoms with Crippen LogP contribution in [0, 0.1) is 0 Å². The molecule has 2 aromatic heterocycles. The van der Waals surface area contributed by atoms with E-state index in [0.717, 1.165) is 12.1 Å². The van der Waals surface area contributed by atoms with Gasteiger partial charge < -0.3 is 10.0 Å². The van der Waals surface area contributed by atoms with Crippen LogP contribution in [-0.4, -0.2) is 43.7 Å². The Balaban J connectivity index is 2.11. The minimum atomic E-state index is -1.11.